The van der Waals surface area contributed by atoms with Crippen LogP contribution < -0.4 is 5.73 Å². The quantitative estimate of drug-likeness (QED) is 0.760. The zero-order valence-corrected chi connectivity index (χ0v) is 10.2. The molecule has 1 nitrogen and oxygen atoms in total. The van der Waals surface area contributed by atoms with Gasteiger partial charge in [0.2, 0.25) is 0 Å². The van der Waals surface area contributed by atoms with Crippen molar-refractivity contribution in [2.45, 2.75) is 33.7 Å². The predicted molar refractivity (Wildman–Crippen MR) is 64.8 cm³/mol. The summed E-state index contributed by atoms with van der Waals surface area (Å²) in [5, 5.41) is 0. The average molecular weight is 214 g/mol. The molecule has 1 rings (SSSR count). The van der Waals surface area contributed by atoms with Crippen molar-refractivity contribution in [3.05, 3.63) is 35.4 Å². The molecule has 0 bridgehead atoms. The highest BCUT2D eigenvalue weighted by molar-refractivity contribution is 5.85. The zero-order valence-electron chi connectivity index (χ0n) is 9.37. The Hall–Kier alpha value is -0.530. The summed E-state index contributed by atoms with van der Waals surface area (Å²) >= 11 is 0. The van der Waals surface area contributed by atoms with Crippen LogP contribution >= 0.6 is 12.4 Å². The molecular weight excluding hydrogens is 194 g/mol. The molecule has 1 aromatic carbocycles. The molecule has 0 saturated carbocycles. The van der Waals surface area contributed by atoms with Gasteiger partial charge in [0.1, 0.15) is 0 Å². The molecule has 0 fully saturated rings. The Labute approximate surface area is 93.1 Å². The van der Waals surface area contributed by atoms with Crippen molar-refractivity contribution in [3.8, 4) is 0 Å². The number of rotatable bonds is 1. The van der Waals surface area contributed by atoms with Gasteiger partial charge in [-0.1, -0.05) is 50.6 Å². The van der Waals surface area contributed by atoms with Crippen LogP contribution in [0.1, 0.15) is 37.9 Å². The fourth-order valence-electron chi connectivity index (χ4n) is 1.27. The molecular formula is C12H20ClN. The molecule has 0 radical (unpaired) electrons. The Kier molecular flexibility index (Phi) is 4.63. The average Bonchev–Trinajstić information content (AvgIpc) is 2.03. The van der Waals surface area contributed by atoms with Gasteiger partial charge in [-0.2, -0.15) is 0 Å². The first-order chi connectivity index (χ1) is 5.91. The standard InChI is InChI=1S/C12H19N.ClH/c1-9-5-7-10(8-6-9)11(13)12(2,3)4;/h5-8,11H,13H2,1-4H3;1H/t11-;/m1./s1. The molecule has 0 amide bonds. The van der Waals surface area contributed by atoms with Crippen LogP contribution in [-0.2, 0) is 0 Å². The van der Waals surface area contributed by atoms with Crippen LogP contribution in [0.3, 0.4) is 0 Å². The topological polar surface area (TPSA) is 26.0 Å². The van der Waals surface area contributed by atoms with Crippen LogP contribution in [0.25, 0.3) is 0 Å². The lowest BCUT2D eigenvalue weighted by Gasteiger charge is -2.27. The Morgan fingerprint density at radius 2 is 1.50 bits per heavy atom. The van der Waals surface area contributed by atoms with Crippen molar-refractivity contribution in [2.24, 2.45) is 11.1 Å². The van der Waals surface area contributed by atoms with Gasteiger partial charge in [0.15, 0.2) is 0 Å². The highest BCUT2D eigenvalue weighted by Gasteiger charge is 2.21. The van der Waals surface area contributed by atoms with Gasteiger partial charge in [-0.05, 0) is 17.9 Å². The molecule has 0 unspecified atom stereocenters. The monoisotopic (exact) mass is 213 g/mol. The van der Waals surface area contributed by atoms with Crippen molar-refractivity contribution >= 4 is 12.4 Å². The summed E-state index contributed by atoms with van der Waals surface area (Å²) in [6, 6.07) is 8.58. The number of hydrogen-bond acceptors (Lipinski definition) is 1. The van der Waals surface area contributed by atoms with Crippen molar-refractivity contribution in [3.63, 3.8) is 0 Å². The van der Waals surface area contributed by atoms with E-state index in [1.54, 1.807) is 0 Å². The largest absolute Gasteiger partial charge is 0.324 e. The van der Waals surface area contributed by atoms with Crippen molar-refractivity contribution in [1.29, 1.82) is 0 Å². The maximum absolute atomic E-state index is 6.12. The third-order valence-electron chi connectivity index (χ3n) is 2.37. The van der Waals surface area contributed by atoms with Gasteiger partial charge in [-0.3, -0.25) is 0 Å². The maximum atomic E-state index is 6.12. The molecule has 1 atom stereocenters. The third-order valence-corrected chi connectivity index (χ3v) is 2.37. The van der Waals surface area contributed by atoms with Crippen molar-refractivity contribution in [2.75, 3.05) is 0 Å². The lowest BCUT2D eigenvalue weighted by molar-refractivity contribution is 0.327. The molecule has 0 aliphatic heterocycles. The second kappa shape index (κ2) is 4.81. The number of nitrogens with two attached hydrogens (primary N) is 1. The van der Waals surface area contributed by atoms with E-state index in [9.17, 15) is 0 Å². The summed E-state index contributed by atoms with van der Waals surface area (Å²) < 4.78 is 0. The molecule has 0 aliphatic rings. The highest BCUT2D eigenvalue weighted by Crippen LogP contribution is 2.30. The Morgan fingerprint density at radius 3 is 1.86 bits per heavy atom. The number of aryl methyl sites for hydroxylation is 1. The molecule has 14 heavy (non-hydrogen) atoms. The minimum atomic E-state index is 0. The first-order valence-electron chi connectivity index (χ1n) is 4.73. The van der Waals surface area contributed by atoms with E-state index >= 15 is 0 Å². The SMILES string of the molecule is Cc1ccc([C@@H](N)C(C)(C)C)cc1.Cl. The van der Waals surface area contributed by atoms with E-state index in [2.05, 4.69) is 52.0 Å². The van der Waals surface area contributed by atoms with Crippen LogP contribution in [-0.4, -0.2) is 0 Å². The molecule has 80 valence electrons. The van der Waals surface area contributed by atoms with Crippen molar-refractivity contribution in [1.82, 2.24) is 0 Å². The van der Waals surface area contributed by atoms with E-state index < -0.39 is 0 Å². The lowest BCUT2D eigenvalue weighted by atomic mass is 9.83. The summed E-state index contributed by atoms with van der Waals surface area (Å²) in [5.41, 5.74) is 8.76. The van der Waals surface area contributed by atoms with Crippen molar-refractivity contribution < 1.29 is 0 Å². The van der Waals surface area contributed by atoms with Gasteiger partial charge < -0.3 is 5.73 Å². The van der Waals surface area contributed by atoms with E-state index in [-0.39, 0.29) is 23.9 Å². The normalized spacial score (nSPS) is 13.2. The minimum Gasteiger partial charge on any atom is -0.324 e. The van der Waals surface area contributed by atoms with E-state index in [0.29, 0.717) is 0 Å². The highest BCUT2D eigenvalue weighted by atomic mass is 35.5. The Bertz CT molecular complexity index is 271. The van der Waals surface area contributed by atoms with Crippen LogP contribution in [0.15, 0.2) is 24.3 Å². The molecule has 1 aromatic rings. The molecule has 0 aromatic heterocycles. The van der Waals surface area contributed by atoms with E-state index in [1.165, 1.54) is 11.1 Å². The van der Waals surface area contributed by atoms with Crippen LogP contribution in [0.5, 0.6) is 0 Å². The first kappa shape index (κ1) is 13.5. The number of benzene rings is 1. The van der Waals surface area contributed by atoms with Gasteiger partial charge in [0.25, 0.3) is 0 Å². The van der Waals surface area contributed by atoms with Gasteiger partial charge >= 0.3 is 0 Å². The second-order valence-electron chi connectivity index (χ2n) is 4.75. The maximum Gasteiger partial charge on any atom is 0.0344 e. The van der Waals surface area contributed by atoms with Gasteiger partial charge in [0.05, 0.1) is 0 Å². The molecule has 0 spiro atoms. The third kappa shape index (κ3) is 3.32. The van der Waals surface area contributed by atoms with Crippen LogP contribution in [0, 0.1) is 12.3 Å². The number of halogens is 1. The number of hydrogen-bond donors (Lipinski definition) is 1. The Morgan fingerprint density at radius 1 is 1.07 bits per heavy atom. The summed E-state index contributed by atoms with van der Waals surface area (Å²) in [6.07, 6.45) is 0. The van der Waals surface area contributed by atoms with Gasteiger partial charge in [0, 0.05) is 6.04 Å². The van der Waals surface area contributed by atoms with Gasteiger partial charge in [-0.25, -0.2) is 0 Å². The minimum absolute atomic E-state index is 0. The molecule has 2 N–H and O–H groups in total. The smallest absolute Gasteiger partial charge is 0.0344 e. The fourth-order valence-corrected chi connectivity index (χ4v) is 1.27. The Balaban J connectivity index is 0.00000169. The summed E-state index contributed by atoms with van der Waals surface area (Å²) in [7, 11) is 0. The van der Waals surface area contributed by atoms with E-state index in [1.807, 2.05) is 0 Å². The van der Waals surface area contributed by atoms with Crippen LogP contribution in [0.2, 0.25) is 0 Å². The lowest BCUT2D eigenvalue weighted by Crippen LogP contribution is -2.26. The van der Waals surface area contributed by atoms with E-state index in [4.69, 9.17) is 5.73 Å². The predicted octanol–water partition coefficient (Wildman–Crippen LogP) is 3.46. The summed E-state index contributed by atoms with van der Waals surface area (Å²) in [6.45, 7) is 8.58. The summed E-state index contributed by atoms with van der Waals surface area (Å²) in [4.78, 5) is 0. The first-order valence-corrected chi connectivity index (χ1v) is 4.73. The van der Waals surface area contributed by atoms with E-state index in [0.717, 1.165) is 0 Å². The molecule has 0 heterocycles. The fraction of sp³-hybridized carbons (Fsp3) is 0.500. The van der Waals surface area contributed by atoms with Crippen LogP contribution in [0.4, 0.5) is 0 Å². The zero-order chi connectivity index (χ0) is 10.1. The molecule has 2 heteroatoms. The second-order valence-corrected chi connectivity index (χ2v) is 4.75. The molecule has 0 saturated heterocycles. The molecule has 0 aliphatic carbocycles. The van der Waals surface area contributed by atoms with Gasteiger partial charge in [-0.15, -0.1) is 12.4 Å². The summed E-state index contributed by atoms with van der Waals surface area (Å²) in [5.74, 6) is 0.